The third-order valence-electron chi connectivity index (χ3n) is 11.2. The number of carbonyl (C=O) groups excluding carboxylic acids is 4. The number of benzene rings is 2. The number of carbonyl (C=O) groups is 4. The zero-order valence-corrected chi connectivity index (χ0v) is 38.7. The first-order valence-corrected chi connectivity index (χ1v) is 22.3. The second kappa shape index (κ2) is 22.4. The van der Waals surface area contributed by atoms with Gasteiger partial charge in [0.1, 0.15) is 11.2 Å². The van der Waals surface area contributed by atoms with Crippen molar-refractivity contribution in [2.75, 3.05) is 13.2 Å². The van der Waals surface area contributed by atoms with Crippen molar-refractivity contribution in [2.24, 2.45) is 0 Å². The van der Waals surface area contributed by atoms with Crippen LogP contribution in [0.1, 0.15) is 163 Å². The molecule has 0 fully saturated rings. The number of nitrogens with one attached hydrogen (secondary N) is 2. The van der Waals surface area contributed by atoms with Gasteiger partial charge >= 0.3 is 24.1 Å². The van der Waals surface area contributed by atoms with E-state index in [9.17, 15) is 36.7 Å². The molecule has 0 spiro atoms. The molecule has 0 saturated carbocycles. The maximum absolute atomic E-state index is 14.9. The fourth-order valence-electron chi connectivity index (χ4n) is 8.62. The number of aromatic nitrogens is 2. The SMILES string of the molecule is CCOC(=O)C[C@@H]1CC[C@@H](c2cccc(F)c2F)[C@H](NC(=O)OC(C)(C)C)c2cccnc21.CCOC(=O)C[C@H]1CC[C@@H](c2cccc(F)c2F)[C@H](NC(=O)OC(C)(C)C)c2cccnc21. The van der Waals surface area contributed by atoms with Crippen LogP contribution in [0.3, 0.4) is 0 Å². The topological polar surface area (TPSA) is 155 Å². The molecule has 4 aromatic rings. The Hall–Kier alpha value is -6.06. The summed E-state index contributed by atoms with van der Waals surface area (Å²) in [7, 11) is 0. The molecular formula is C50H60F4N4O8. The van der Waals surface area contributed by atoms with Gasteiger partial charge in [-0.2, -0.15) is 0 Å². The van der Waals surface area contributed by atoms with Crippen molar-refractivity contribution in [1.82, 2.24) is 20.6 Å². The Morgan fingerprint density at radius 2 is 0.924 bits per heavy atom. The Kier molecular flexibility index (Phi) is 17.3. The van der Waals surface area contributed by atoms with Crippen LogP contribution in [0.15, 0.2) is 73.1 Å². The van der Waals surface area contributed by atoms with E-state index in [1.54, 1.807) is 92.0 Å². The van der Waals surface area contributed by atoms with Gasteiger partial charge in [0.2, 0.25) is 0 Å². The molecule has 356 valence electrons. The minimum atomic E-state index is -0.956. The van der Waals surface area contributed by atoms with Crippen molar-refractivity contribution in [3.8, 4) is 0 Å². The Labute approximate surface area is 383 Å². The number of fused-ring (bicyclic) bond motifs is 2. The highest BCUT2D eigenvalue weighted by Gasteiger charge is 2.39. The van der Waals surface area contributed by atoms with Crippen LogP contribution in [0, 0.1) is 23.3 Å². The van der Waals surface area contributed by atoms with Gasteiger partial charge in [0.05, 0.1) is 38.1 Å². The summed E-state index contributed by atoms with van der Waals surface area (Å²) in [5, 5.41) is 5.72. The van der Waals surface area contributed by atoms with Crippen LogP contribution in [0.2, 0.25) is 0 Å². The van der Waals surface area contributed by atoms with Crippen LogP contribution >= 0.6 is 0 Å². The molecule has 2 aliphatic carbocycles. The summed E-state index contributed by atoms with van der Waals surface area (Å²) in [6, 6.07) is 13.6. The third kappa shape index (κ3) is 13.5. The van der Waals surface area contributed by atoms with E-state index < -0.39 is 70.6 Å². The molecule has 2 aliphatic rings. The van der Waals surface area contributed by atoms with Crippen molar-refractivity contribution in [3.05, 3.63) is 130 Å². The molecule has 16 heteroatoms. The molecule has 2 aromatic heterocycles. The molecular weight excluding hydrogens is 861 g/mol. The van der Waals surface area contributed by atoms with Crippen molar-refractivity contribution in [2.45, 2.75) is 141 Å². The minimum absolute atomic E-state index is 0.107. The van der Waals surface area contributed by atoms with Crippen LogP contribution in [0.5, 0.6) is 0 Å². The van der Waals surface area contributed by atoms with Crippen molar-refractivity contribution in [1.29, 1.82) is 0 Å². The van der Waals surface area contributed by atoms with E-state index in [4.69, 9.17) is 18.9 Å². The van der Waals surface area contributed by atoms with Crippen LogP contribution in [-0.2, 0) is 28.5 Å². The first-order valence-electron chi connectivity index (χ1n) is 22.3. The van der Waals surface area contributed by atoms with Crippen molar-refractivity contribution in [3.63, 3.8) is 0 Å². The highest BCUT2D eigenvalue weighted by Crippen LogP contribution is 2.47. The van der Waals surface area contributed by atoms with Crippen LogP contribution in [0.4, 0.5) is 27.2 Å². The highest BCUT2D eigenvalue weighted by molar-refractivity contribution is 5.72. The fourth-order valence-corrected chi connectivity index (χ4v) is 8.62. The summed E-state index contributed by atoms with van der Waals surface area (Å²) in [6.45, 7) is 14.5. The van der Waals surface area contributed by atoms with E-state index in [0.29, 0.717) is 48.2 Å². The van der Waals surface area contributed by atoms with E-state index in [1.165, 1.54) is 24.3 Å². The van der Waals surface area contributed by atoms with Gasteiger partial charge in [-0.05, 0) is 128 Å². The molecule has 2 amide bonds. The summed E-state index contributed by atoms with van der Waals surface area (Å²) in [5.41, 5.74) is 1.38. The molecule has 0 saturated heterocycles. The lowest BCUT2D eigenvalue weighted by Gasteiger charge is -2.29. The molecule has 12 nitrogen and oxygen atoms in total. The monoisotopic (exact) mass is 920 g/mol. The Morgan fingerprint density at radius 1 is 0.561 bits per heavy atom. The lowest BCUT2D eigenvalue weighted by Crippen LogP contribution is -2.37. The molecule has 2 heterocycles. The quantitative estimate of drug-likeness (QED) is 0.0680. The van der Waals surface area contributed by atoms with Gasteiger partial charge in [-0.1, -0.05) is 36.4 Å². The van der Waals surface area contributed by atoms with Gasteiger partial charge in [0.15, 0.2) is 23.3 Å². The van der Waals surface area contributed by atoms with E-state index >= 15 is 0 Å². The summed E-state index contributed by atoms with van der Waals surface area (Å²) in [4.78, 5) is 59.0. The number of hydrogen-bond acceptors (Lipinski definition) is 10. The zero-order chi connectivity index (χ0) is 48.3. The standard InChI is InChI=1S/2C25H30F2N2O4/c2*1-5-32-20(30)14-15-11-12-17(16-8-6-10-19(26)21(16)27)23(18-9-7-13-28-22(15)18)29-24(31)33-25(2,3)4/h2*6-10,13,15,17,23H,5,11-12,14H2,1-4H3,(H,29,31)/t15-,17+,23+;15-,17-,23-/m10/s1. The normalized spacial score (nSPS) is 20.4. The van der Waals surface area contributed by atoms with Gasteiger partial charge in [-0.25, -0.2) is 27.2 Å². The molecule has 6 rings (SSSR count). The lowest BCUT2D eigenvalue weighted by molar-refractivity contribution is -0.144. The first-order chi connectivity index (χ1) is 31.2. The van der Waals surface area contributed by atoms with E-state index in [2.05, 4.69) is 20.6 Å². The molecule has 6 atom stereocenters. The minimum Gasteiger partial charge on any atom is -0.466 e. The number of hydrogen-bond donors (Lipinski definition) is 2. The molecule has 0 unspecified atom stereocenters. The van der Waals surface area contributed by atoms with Crippen molar-refractivity contribution < 1.29 is 55.7 Å². The molecule has 0 aliphatic heterocycles. The second-order valence-electron chi connectivity index (χ2n) is 18.3. The number of alkyl carbamates (subject to hydrolysis) is 2. The molecule has 0 radical (unpaired) electrons. The number of ether oxygens (including phenoxy) is 4. The lowest BCUT2D eigenvalue weighted by atomic mass is 9.85. The number of esters is 2. The Balaban J connectivity index is 0.000000247. The number of amides is 2. The second-order valence-corrected chi connectivity index (χ2v) is 18.3. The summed E-state index contributed by atoms with van der Waals surface area (Å²) in [5.74, 6) is -6.29. The first kappa shape index (κ1) is 50.9. The number of halogens is 4. The highest BCUT2D eigenvalue weighted by atomic mass is 19.2. The third-order valence-corrected chi connectivity index (χ3v) is 11.2. The summed E-state index contributed by atoms with van der Waals surface area (Å²) < 4.78 is 79.1. The van der Waals surface area contributed by atoms with Gasteiger partial charge in [-0.3, -0.25) is 19.6 Å². The van der Waals surface area contributed by atoms with Crippen molar-refractivity contribution >= 4 is 24.1 Å². The summed E-state index contributed by atoms with van der Waals surface area (Å²) in [6.07, 6.45) is 3.84. The zero-order valence-electron chi connectivity index (χ0n) is 38.7. The maximum Gasteiger partial charge on any atom is 0.408 e. The van der Waals surface area contributed by atoms with E-state index in [-0.39, 0.29) is 61.0 Å². The molecule has 2 aromatic carbocycles. The average molecular weight is 921 g/mol. The Bertz CT molecular complexity index is 2170. The molecule has 66 heavy (non-hydrogen) atoms. The maximum atomic E-state index is 14.9. The van der Waals surface area contributed by atoms with E-state index in [0.717, 1.165) is 12.1 Å². The van der Waals surface area contributed by atoms with Crippen LogP contribution in [0.25, 0.3) is 0 Å². The number of nitrogens with zero attached hydrogens (tertiary/aromatic N) is 2. The van der Waals surface area contributed by atoms with Crippen LogP contribution < -0.4 is 10.6 Å². The van der Waals surface area contributed by atoms with Gasteiger partial charge in [0, 0.05) is 47.5 Å². The largest absolute Gasteiger partial charge is 0.466 e. The van der Waals surface area contributed by atoms with E-state index in [1.807, 2.05) is 0 Å². The smallest absolute Gasteiger partial charge is 0.408 e. The fraction of sp³-hybridized carbons (Fsp3) is 0.480. The Morgan fingerprint density at radius 3 is 1.27 bits per heavy atom. The number of rotatable bonds is 10. The predicted octanol–water partition coefficient (Wildman–Crippen LogP) is 11.1. The van der Waals surface area contributed by atoms with Gasteiger partial charge in [-0.15, -0.1) is 0 Å². The molecule has 2 N–H and O–H groups in total. The molecule has 0 bridgehead atoms. The van der Waals surface area contributed by atoms with Gasteiger partial charge < -0.3 is 29.6 Å². The van der Waals surface area contributed by atoms with Crippen LogP contribution in [-0.4, -0.2) is 58.5 Å². The summed E-state index contributed by atoms with van der Waals surface area (Å²) >= 11 is 0. The predicted molar refractivity (Wildman–Crippen MR) is 237 cm³/mol. The average Bonchev–Trinajstić information content (AvgIpc) is 3.47. The van der Waals surface area contributed by atoms with Gasteiger partial charge in [0.25, 0.3) is 0 Å². The number of pyridine rings is 2.